The fourth-order valence-corrected chi connectivity index (χ4v) is 8.07. The number of rotatable bonds is 18. The first-order valence-corrected chi connectivity index (χ1v) is 20.1. The lowest BCUT2D eigenvalue weighted by Gasteiger charge is -2.29. The number of benzene rings is 1. The topological polar surface area (TPSA) is 210 Å². The number of amides is 4. The Hall–Kier alpha value is -4.34. The molecule has 3 aliphatic rings. The average molecular weight is 762 g/mol. The molecule has 4 amide bonds. The predicted molar refractivity (Wildman–Crippen MR) is 196 cm³/mol. The van der Waals surface area contributed by atoms with Gasteiger partial charge >= 0.3 is 18.2 Å². The molecule has 2 saturated carbocycles. The summed E-state index contributed by atoms with van der Waals surface area (Å²) in [6.45, 7) is 9.69. The van der Waals surface area contributed by atoms with Gasteiger partial charge in [0, 0.05) is 19.0 Å². The van der Waals surface area contributed by atoms with E-state index in [-0.39, 0.29) is 23.8 Å². The highest BCUT2D eigenvalue weighted by Gasteiger charge is 2.61. The summed E-state index contributed by atoms with van der Waals surface area (Å²) in [5.74, 6) is -3.06. The minimum atomic E-state index is -4.37. The molecule has 4 atom stereocenters. The van der Waals surface area contributed by atoms with Crippen LogP contribution < -0.4 is 20.7 Å². The van der Waals surface area contributed by atoms with Gasteiger partial charge in [-0.25, -0.2) is 27.5 Å². The van der Waals surface area contributed by atoms with Crippen molar-refractivity contribution < 1.29 is 47.0 Å². The van der Waals surface area contributed by atoms with Crippen molar-refractivity contribution in [2.45, 2.75) is 138 Å². The van der Waals surface area contributed by atoms with Gasteiger partial charge in [0.05, 0.1) is 5.69 Å². The van der Waals surface area contributed by atoms with Crippen LogP contribution in [0.5, 0.6) is 0 Å². The summed E-state index contributed by atoms with van der Waals surface area (Å²) in [5.41, 5.74) is -1.98. The molecule has 0 spiro atoms. The summed E-state index contributed by atoms with van der Waals surface area (Å²) in [6.07, 6.45) is 8.69. The Morgan fingerprint density at radius 3 is 2.36 bits per heavy atom. The van der Waals surface area contributed by atoms with E-state index in [0.717, 1.165) is 44.9 Å². The number of anilines is 1. The van der Waals surface area contributed by atoms with Crippen LogP contribution in [-0.2, 0) is 33.9 Å². The van der Waals surface area contributed by atoms with Crippen LogP contribution in [0.1, 0.15) is 104 Å². The number of carboxylic acid groups (broad SMARTS) is 1. The normalized spacial score (nSPS) is 22.0. The van der Waals surface area contributed by atoms with E-state index in [2.05, 4.69) is 27.3 Å². The molecule has 294 valence electrons. The first kappa shape index (κ1) is 41.4. The Kier molecular flexibility index (Phi) is 14.2. The number of sulfonamides is 1. The van der Waals surface area contributed by atoms with Crippen molar-refractivity contribution >= 4 is 45.7 Å². The fraction of sp³-hybridized carbons (Fsp3) is 0.649. The van der Waals surface area contributed by atoms with E-state index in [1.54, 1.807) is 39.0 Å². The molecule has 0 unspecified atom stereocenters. The summed E-state index contributed by atoms with van der Waals surface area (Å²) in [5, 5.41) is 17.8. The van der Waals surface area contributed by atoms with Crippen LogP contribution in [0.25, 0.3) is 0 Å². The summed E-state index contributed by atoms with van der Waals surface area (Å²) in [6, 6.07) is 4.33. The minimum absolute atomic E-state index is 0.129. The van der Waals surface area contributed by atoms with E-state index in [4.69, 9.17) is 9.47 Å². The lowest BCUT2D eigenvalue weighted by molar-refractivity contribution is -0.139. The zero-order chi connectivity index (χ0) is 38.8. The average Bonchev–Trinajstić information content (AvgIpc) is 3.39. The van der Waals surface area contributed by atoms with Gasteiger partial charge in [0.1, 0.15) is 34.2 Å². The van der Waals surface area contributed by atoms with Crippen LogP contribution in [-0.4, -0.2) is 90.8 Å². The van der Waals surface area contributed by atoms with E-state index in [1.807, 2.05) is 0 Å². The van der Waals surface area contributed by atoms with Crippen molar-refractivity contribution in [2.75, 3.05) is 18.4 Å². The third-order valence-corrected chi connectivity index (χ3v) is 11.2. The molecule has 1 saturated heterocycles. The first-order chi connectivity index (χ1) is 25.1. The van der Waals surface area contributed by atoms with Crippen LogP contribution in [0.2, 0.25) is 0 Å². The molecule has 4 rings (SSSR count). The molecule has 0 radical (unpaired) electrons. The van der Waals surface area contributed by atoms with Gasteiger partial charge in [-0.15, -0.1) is 6.58 Å². The number of aliphatic carboxylic acids is 1. The van der Waals surface area contributed by atoms with Gasteiger partial charge in [0.15, 0.2) is 0 Å². The lowest BCUT2D eigenvalue weighted by atomic mass is 10.1. The van der Waals surface area contributed by atoms with Gasteiger partial charge in [-0.1, -0.05) is 43.9 Å². The second kappa shape index (κ2) is 18.1. The number of unbranched alkanes of at least 4 members (excludes halogenated alkanes) is 4. The molecule has 1 aliphatic heterocycles. The summed E-state index contributed by atoms with van der Waals surface area (Å²) < 4.78 is 40.0. The van der Waals surface area contributed by atoms with Crippen LogP contribution in [0.3, 0.4) is 0 Å². The quantitative estimate of drug-likeness (QED) is 0.101. The van der Waals surface area contributed by atoms with E-state index >= 15 is 0 Å². The lowest BCUT2D eigenvalue weighted by Crippen LogP contribution is -2.56. The van der Waals surface area contributed by atoms with Gasteiger partial charge in [-0.2, -0.15) is 0 Å². The standard InChI is InChI=1S/C37H55N5O10S/c1-5-25-24-37(25,40-31(43)29-20-15-23-42(29)35(48)52-36(2,3)4)33(46)41-53(49,50)30-21-13-12-18-27(30)38-22-14-8-6-7-9-19-28(32(44)45)39-34(47)51-26-16-10-11-17-26/h5,12-13,18,21,25-26,28-29,38H,1,6-11,14-17,19-20,22-24H2,2-4H3,(H,39,47)(H,40,43)(H,41,46)(H,44,45)/t25-,28+,29+,37-/m1/s1. The van der Waals surface area contributed by atoms with Crippen molar-refractivity contribution in [3.8, 4) is 0 Å². The molecule has 0 aromatic heterocycles. The second-order valence-electron chi connectivity index (χ2n) is 15.1. The first-order valence-electron chi connectivity index (χ1n) is 18.6. The Bertz CT molecular complexity index is 1610. The van der Waals surface area contributed by atoms with E-state index in [0.29, 0.717) is 44.5 Å². The highest BCUT2D eigenvalue weighted by Crippen LogP contribution is 2.45. The monoisotopic (exact) mass is 761 g/mol. The number of carbonyl (C=O) groups is 5. The molecular formula is C37H55N5O10S. The van der Waals surface area contributed by atoms with Crippen LogP contribution in [0.15, 0.2) is 41.8 Å². The zero-order valence-electron chi connectivity index (χ0n) is 31.0. The highest BCUT2D eigenvalue weighted by molar-refractivity contribution is 7.90. The van der Waals surface area contributed by atoms with Crippen molar-refractivity contribution in [3.05, 3.63) is 36.9 Å². The molecule has 15 nitrogen and oxygen atoms in total. The number of nitrogens with zero attached hydrogens (tertiary/aromatic N) is 1. The van der Waals surface area contributed by atoms with Gasteiger partial charge < -0.3 is 30.5 Å². The molecule has 0 bridgehead atoms. The number of alkyl carbamates (subject to hydrolysis) is 1. The van der Waals surface area contributed by atoms with Crippen molar-refractivity contribution in [2.24, 2.45) is 5.92 Å². The molecular weight excluding hydrogens is 706 g/mol. The van der Waals surface area contributed by atoms with Crippen molar-refractivity contribution in [1.82, 2.24) is 20.3 Å². The molecule has 53 heavy (non-hydrogen) atoms. The van der Waals surface area contributed by atoms with E-state index in [1.165, 1.54) is 17.0 Å². The summed E-state index contributed by atoms with van der Waals surface area (Å²) in [4.78, 5) is 64.7. The summed E-state index contributed by atoms with van der Waals surface area (Å²) >= 11 is 0. The van der Waals surface area contributed by atoms with Gasteiger partial charge in [0.2, 0.25) is 5.91 Å². The number of nitrogens with one attached hydrogen (secondary N) is 4. The van der Waals surface area contributed by atoms with Gasteiger partial charge in [-0.05, 0) is 90.7 Å². The van der Waals surface area contributed by atoms with E-state index < -0.39 is 69.1 Å². The maximum Gasteiger partial charge on any atom is 0.410 e. The zero-order valence-corrected chi connectivity index (χ0v) is 31.8. The largest absolute Gasteiger partial charge is 0.480 e. The van der Waals surface area contributed by atoms with E-state index in [9.17, 15) is 37.5 Å². The van der Waals surface area contributed by atoms with Crippen molar-refractivity contribution in [1.29, 1.82) is 0 Å². The van der Waals surface area contributed by atoms with Crippen LogP contribution in [0.4, 0.5) is 15.3 Å². The molecule has 2 aliphatic carbocycles. The highest BCUT2D eigenvalue weighted by atomic mass is 32.2. The van der Waals surface area contributed by atoms with Crippen LogP contribution in [0, 0.1) is 5.92 Å². The fourth-order valence-electron chi connectivity index (χ4n) is 6.85. The summed E-state index contributed by atoms with van der Waals surface area (Å²) in [7, 11) is -4.37. The molecule has 1 aromatic carbocycles. The maximum atomic E-state index is 13.6. The molecule has 16 heteroatoms. The Labute approximate surface area is 312 Å². The Balaban J connectivity index is 1.24. The number of carboxylic acids is 1. The van der Waals surface area contributed by atoms with Crippen molar-refractivity contribution in [3.63, 3.8) is 0 Å². The number of ether oxygens (including phenoxy) is 2. The maximum absolute atomic E-state index is 13.6. The third kappa shape index (κ3) is 11.6. The Morgan fingerprint density at radius 2 is 1.70 bits per heavy atom. The molecule has 3 fully saturated rings. The predicted octanol–water partition coefficient (Wildman–Crippen LogP) is 4.83. The smallest absolute Gasteiger partial charge is 0.410 e. The number of carbonyl (C=O) groups excluding carboxylic acids is 4. The third-order valence-electron chi connectivity index (χ3n) is 9.79. The van der Waals surface area contributed by atoms with Gasteiger partial charge in [-0.3, -0.25) is 14.5 Å². The number of para-hydroxylation sites is 1. The SMILES string of the molecule is C=C[C@@H]1C[C@]1(NC(=O)[C@@H]1CCCN1C(=O)OC(C)(C)C)C(=O)NS(=O)(=O)c1ccccc1NCCCCCCC[C@H](NC(=O)OC1CCCC1)C(=O)O. The minimum Gasteiger partial charge on any atom is -0.480 e. The van der Waals surface area contributed by atoms with Gasteiger partial charge in [0.25, 0.3) is 15.9 Å². The number of hydrogen-bond donors (Lipinski definition) is 5. The number of hydrogen-bond acceptors (Lipinski definition) is 10. The molecule has 1 aromatic rings. The molecule has 1 heterocycles. The second-order valence-corrected chi connectivity index (χ2v) is 16.8. The molecule has 5 N–H and O–H groups in total. The van der Waals surface area contributed by atoms with Crippen LogP contribution >= 0.6 is 0 Å². The Morgan fingerprint density at radius 1 is 1.02 bits per heavy atom. The number of likely N-dealkylation sites (tertiary alicyclic amines) is 1.